The quantitative estimate of drug-likeness (QED) is 0.618. The van der Waals surface area contributed by atoms with Crippen molar-refractivity contribution < 1.29 is 10.0 Å². The van der Waals surface area contributed by atoms with Gasteiger partial charge in [-0.05, 0) is 25.0 Å². The normalized spacial score (nSPS) is 16.1. The van der Waals surface area contributed by atoms with Gasteiger partial charge in [0.05, 0.1) is 10.5 Å². The average Bonchev–Trinajstić information content (AvgIpc) is 2.48. The minimum absolute atomic E-state index is 0. The number of nitro groups is 1. The number of hydrogen-bond acceptors (Lipinski definition) is 5. The number of halogens is 2. The van der Waals surface area contributed by atoms with Crippen molar-refractivity contribution in [1.82, 2.24) is 10.2 Å². The summed E-state index contributed by atoms with van der Waals surface area (Å²) in [6, 6.07) is 3.02. The minimum atomic E-state index is -0.390. The fraction of sp³-hybridized carbons (Fsp3) is 0.600. The van der Waals surface area contributed by atoms with Crippen molar-refractivity contribution in [3.63, 3.8) is 0 Å². The van der Waals surface area contributed by atoms with Crippen molar-refractivity contribution in [1.29, 1.82) is 0 Å². The molecule has 2 rings (SSSR count). The van der Waals surface area contributed by atoms with E-state index >= 15 is 0 Å². The number of nitrogens with zero attached hydrogens (tertiary/aromatic N) is 2. The van der Waals surface area contributed by atoms with Gasteiger partial charge in [-0.1, -0.05) is 13.3 Å². The van der Waals surface area contributed by atoms with Crippen LogP contribution in [0.4, 0.5) is 5.69 Å². The molecule has 1 aromatic carbocycles. The lowest BCUT2D eigenvalue weighted by Crippen LogP contribution is -2.45. The number of rotatable bonds is 5. The number of nitro benzene ring substituents is 1. The molecule has 0 bridgehead atoms. The molecule has 2 N–H and O–H groups in total. The topological polar surface area (TPSA) is 78.6 Å². The third-order valence-corrected chi connectivity index (χ3v) is 4.08. The first-order chi connectivity index (χ1) is 10.1. The van der Waals surface area contributed by atoms with E-state index in [4.69, 9.17) is 0 Å². The first-order valence-electron chi connectivity index (χ1n) is 7.47. The summed E-state index contributed by atoms with van der Waals surface area (Å²) in [5.74, 6) is 0.0705. The molecule has 6 nitrogen and oxygen atoms in total. The minimum Gasteiger partial charge on any atom is -0.507 e. The number of piperazine rings is 1. The van der Waals surface area contributed by atoms with Crippen LogP contribution >= 0.6 is 24.8 Å². The van der Waals surface area contributed by atoms with Gasteiger partial charge in [0.25, 0.3) is 5.69 Å². The molecule has 1 aliphatic heterocycles. The summed E-state index contributed by atoms with van der Waals surface area (Å²) in [6.07, 6.45) is 1.72. The maximum Gasteiger partial charge on any atom is 0.277 e. The second kappa shape index (κ2) is 9.93. The fourth-order valence-electron chi connectivity index (χ4n) is 2.97. The highest BCUT2D eigenvalue weighted by atomic mass is 35.5. The van der Waals surface area contributed by atoms with Crippen LogP contribution in [-0.4, -0.2) is 41.1 Å². The predicted molar refractivity (Wildman–Crippen MR) is 96.1 cm³/mol. The summed E-state index contributed by atoms with van der Waals surface area (Å²) in [5.41, 5.74) is 1.19. The molecule has 0 spiro atoms. The summed E-state index contributed by atoms with van der Waals surface area (Å²) in [7, 11) is 0. The van der Waals surface area contributed by atoms with Gasteiger partial charge in [0.15, 0.2) is 0 Å². The lowest BCUT2D eigenvalue weighted by molar-refractivity contribution is -0.386. The molecule has 132 valence electrons. The monoisotopic (exact) mass is 365 g/mol. The van der Waals surface area contributed by atoms with Gasteiger partial charge in [-0.3, -0.25) is 15.0 Å². The lowest BCUT2D eigenvalue weighted by atomic mass is 9.95. The van der Waals surface area contributed by atoms with Crippen LogP contribution in [0.25, 0.3) is 0 Å². The maximum atomic E-state index is 11.3. The highest BCUT2D eigenvalue weighted by molar-refractivity contribution is 5.85. The molecule has 0 radical (unpaired) electrons. The van der Waals surface area contributed by atoms with Gasteiger partial charge < -0.3 is 10.4 Å². The van der Waals surface area contributed by atoms with Crippen LogP contribution in [0.1, 0.15) is 36.9 Å². The third-order valence-electron chi connectivity index (χ3n) is 4.08. The number of hydrogen-bond donors (Lipinski definition) is 2. The van der Waals surface area contributed by atoms with E-state index < -0.39 is 0 Å². The van der Waals surface area contributed by atoms with Crippen LogP contribution < -0.4 is 5.32 Å². The second-order valence-electron chi connectivity index (χ2n) is 5.51. The molecule has 1 aromatic rings. The van der Waals surface area contributed by atoms with Gasteiger partial charge in [0, 0.05) is 38.3 Å². The fourth-order valence-corrected chi connectivity index (χ4v) is 2.97. The Morgan fingerprint density at radius 1 is 1.35 bits per heavy atom. The number of phenolic OH excluding ortho intramolecular Hbond substituents is 1. The second-order valence-corrected chi connectivity index (χ2v) is 5.51. The van der Waals surface area contributed by atoms with Crippen LogP contribution in [0, 0.1) is 17.0 Å². The Kier molecular flexibility index (Phi) is 9.46. The Morgan fingerprint density at radius 3 is 2.48 bits per heavy atom. The summed E-state index contributed by atoms with van der Waals surface area (Å²) in [4.78, 5) is 13.2. The predicted octanol–water partition coefficient (Wildman–Crippen LogP) is 3.20. The molecule has 23 heavy (non-hydrogen) atoms. The molecule has 1 fully saturated rings. The molecule has 0 aliphatic carbocycles. The van der Waals surface area contributed by atoms with Crippen molar-refractivity contribution in [2.24, 2.45) is 0 Å². The van der Waals surface area contributed by atoms with Gasteiger partial charge in [-0.25, -0.2) is 0 Å². The van der Waals surface area contributed by atoms with Gasteiger partial charge in [0.2, 0.25) is 0 Å². The highest BCUT2D eigenvalue weighted by Gasteiger charge is 2.31. The molecule has 0 aromatic heterocycles. The zero-order valence-electron chi connectivity index (χ0n) is 13.4. The molecule has 8 heteroatoms. The van der Waals surface area contributed by atoms with Gasteiger partial charge in [0.1, 0.15) is 5.75 Å². The number of benzene rings is 1. The highest BCUT2D eigenvalue weighted by Crippen LogP contribution is 2.40. The van der Waals surface area contributed by atoms with Crippen molar-refractivity contribution in [2.45, 2.75) is 32.7 Å². The Hall–Kier alpha value is -1.08. The van der Waals surface area contributed by atoms with E-state index in [1.807, 2.05) is 0 Å². The first kappa shape index (κ1) is 21.9. The molecule has 1 aliphatic rings. The largest absolute Gasteiger partial charge is 0.507 e. The van der Waals surface area contributed by atoms with Crippen LogP contribution in [-0.2, 0) is 0 Å². The summed E-state index contributed by atoms with van der Waals surface area (Å²) in [6.45, 7) is 7.28. The summed E-state index contributed by atoms with van der Waals surface area (Å²) < 4.78 is 0. The lowest BCUT2D eigenvalue weighted by Gasteiger charge is -2.35. The molecule has 0 unspecified atom stereocenters. The Morgan fingerprint density at radius 2 is 1.96 bits per heavy atom. The summed E-state index contributed by atoms with van der Waals surface area (Å²) in [5, 5.41) is 25.0. The Labute approximate surface area is 149 Å². The molecule has 1 saturated heterocycles. The molecule has 1 atom stereocenters. The van der Waals surface area contributed by atoms with E-state index in [1.165, 1.54) is 6.07 Å². The maximum absolute atomic E-state index is 11.3. The SMILES string of the molecule is CCC[C@H](c1c([N+](=O)[O-])ccc(C)c1O)N1CCNCC1.Cl.Cl. The van der Waals surface area contributed by atoms with E-state index in [1.54, 1.807) is 13.0 Å². The van der Waals surface area contributed by atoms with Crippen LogP contribution in [0.5, 0.6) is 5.75 Å². The molecule has 1 heterocycles. The Bertz CT molecular complexity index is 523. The van der Waals surface area contributed by atoms with Gasteiger partial charge in [-0.2, -0.15) is 0 Å². The molecular formula is C15H25Cl2N3O3. The van der Waals surface area contributed by atoms with Crippen molar-refractivity contribution in [3.8, 4) is 5.75 Å². The molecule has 0 amide bonds. The zero-order chi connectivity index (χ0) is 15.4. The summed E-state index contributed by atoms with van der Waals surface area (Å²) >= 11 is 0. The van der Waals surface area contributed by atoms with E-state index in [-0.39, 0.29) is 47.2 Å². The van der Waals surface area contributed by atoms with Crippen LogP contribution in [0.2, 0.25) is 0 Å². The van der Waals surface area contributed by atoms with Gasteiger partial charge in [-0.15, -0.1) is 24.8 Å². The van der Waals surface area contributed by atoms with E-state index in [2.05, 4.69) is 17.1 Å². The zero-order valence-corrected chi connectivity index (χ0v) is 15.1. The van der Waals surface area contributed by atoms with Crippen molar-refractivity contribution in [3.05, 3.63) is 33.4 Å². The van der Waals surface area contributed by atoms with Crippen molar-refractivity contribution >= 4 is 30.5 Å². The van der Waals surface area contributed by atoms with E-state index in [0.717, 1.165) is 39.0 Å². The third kappa shape index (κ3) is 4.94. The van der Waals surface area contributed by atoms with Crippen LogP contribution in [0.15, 0.2) is 12.1 Å². The van der Waals surface area contributed by atoms with Crippen molar-refractivity contribution in [2.75, 3.05) is 26.2 Å². The van der Waals surface area contributed by atoms with E-state index in [9.17, 15) is 15.2 Å². The van der Waals surface area contributed by atoms with Crippen LogP contribution in [0.3, 0.4) is 0 Å². The number of nitrogens with one attached hydrogen (secondary N) is 1. The number of aryl methyl sites for hydroxylation is 1. The standard InChI is InChI=1S/C15H23N3O3.2ClH/c1-3-4-12(17-9-7-16-8-10-17)14-13(18(20)21)6-5-11(2)15(14)19;;/h5-6,12,16,19H,3-4,7-10H2,1-2H3;2*1H/t12-;;/m1../s1. The number of phenols is 1. The van der Waals surface area contributed by atoms with Gasteiger partial charge >= 0.3 is 0 Å². The first-order valence-corrected chi connectivity index (χ1v) is 7.47. The molecule has 0 saturated carbocycles. The van der Waals surface area contributed by atoms with E-state index in [0.29, 0.717) is 11.1 Å². The molecular weight excluding hydrogens is 341 g/mol. The Balaban J connectivity index is 0.00000242. The average molecular weight is 366 g/mol. The smallest absolute Gasteiger partial charge is 0.277 e. The number of aromatic hydroxyl groups is 1.